The summed E-state index contributed by atoms with van der Waals surface area (Å²) < 4.78 is 0. The third-order valence-electron chi connectivity index (χ3n) is 8.16. The van der Waals surface area contributed by atoms with Crippen LogP contribution in [0.3, 0.4) is 0 Å². The molecule has 1 unspecified atom stereocenters. The first-order valence-electron chi connectivity index (χ1n) is 11.3. The fourth-order valence-electron chi connectivity index (χ4n) is 6.76. The van der Waals surface area contributed by atoms with Gasteiger partial charge in [-0.2, -0.15) is 0 Å². The molecule has 0 saturated heterocycles. The van der Waals surface area contributed by atoms with Crippen molar-refractivity contribution in [3.63, 3.8) is 0 Å². The number of nitrogens with two attached hydrogens (primary N) is 1. The highest BCUT2D eigenvalue weighted by molar-refractivity contribution is 5.35. The van der Waals surface area contributed by atoms with Crippen LogP contribution < -0.4 is 11.1 Å². The molecule has 0 spiro atoms. The lowest BCUT2D eigenvalue weighted by Crippen LogP contribution is -2.48. The van der Waals surface area contributed by atoms with E-state index < -0.39 is 0 Å². The molecule has 0 aromatic heterocycles. The first-order valence-corrected chi connectivity index (χ1v) is 11.3. The molecule has 3 aliphatic rings. The van der Waals surface area contributed by atoms with E-state index in [1.54, 1.807) is 11.1 Å². The predicted octanol–water partition coefficient (Wildman–Crippen LogP) is 5.02. The van der Waals surface area contributed by atoms with Gasteiger partial charge in [0.05, 0.1) is 0 Å². The highest BCUT2D eigenvalue weighted by Crippen LogP contribution is 2.60. The summed E-state index contributed by atoms with van der Waals surface area (Å²) in [5, 5.41) is 3.98. The van der Waals surface area contributed by atoms with Gasteiger partial charge in [-0.05, 0) is 98.8 Å². The maximum Gasteiger partial charge on any atom is 0.0124 e. The van der Waals surface area contributed by atoms with Crippen LogP contribution in [0.15, 0.2) is 24.3 Å². The van der Waals surface area contributed by atoms with Crippen LogP contribution >= 0.6 is 0 Å². The summed E-state index contributed by atoms with van der Waals surface area (Å²) in [6, 6.07) is 10.1. The van der Waals surface area contributed by atoms with E-state index in [0.29, 0.717) is 5.41 Å². The van der Waals surface area contributed by atoms with Crippen molar-refractivity contribution in [2.45, 2.75) is 83.1 Å². The van der Waals surface area contributed by atoms with E-state index in [9.17, 15) is 0 Å². The van der Waals surface area contributed by atoms with Crippen molar-refractivity contribution in [2.75, 3.05) is 13.1 Å². The highest BCUT2D eigenvalue weighted by Gasteiger charge is 2.54. The zero-order valence-electron chi connectivity index (χ0n) is 16.7. The average Bonchev–Trinajstić information content (AvgIpc) is 3.01. The fourth-order valence-corrected chi connectivity index (χ4v) is 6.76. The normalized spacial score (nSPS) is 35.6. The van der Waals surface area contributed by atoms with Crippen LogP contribution in [0.4, 0.5) is 0 Å². The van der Waals surface area contributed by atoms with Crippen LogP contribution in [0.2, 0.25) is 0 Å². The van der Waals surface area contributed by atoms with Crippen LogP contribution in [0.5, 0.6) is 0 Å². The van der Waals surface area contributed by atoms with Gasteiger partial charge in [0.25, 0.3) is 0 Å². The van der Waals surface area contributed by atoms with Crippen LogP contribution in [-0.2, 0) is 6.42 Å². The molecule has 5 atom stereocenters. The van der Waals surface area contributed by atoms with E-state index in [-0.39, 0.29) is 0 Å². The number of benzene rings is 1. The van der Waals surface area contributed by atoms with E-state index in [1.807, 2.05) is 0 Å². The molecule has 2 saturated carbocycles. The smallest absolute Gasteiger partial charge is 0.0124 e. The maximum atomic E-state index is 5.60. The zero-order chi connectivity index (χ0) is 18.0. The number of unbranched alkanes of at least 4 members (excludes halogenated alkanes) is 3. The number of aryl methyl sites for hydroxylation is 1. The SMILES string of the molecule is C[C@]12CC[C@@H]3c4ccccc4CC[C@H]3[C@@H]1CCC2NCCCCCCN. The van der Waals surface area contributed by atoms with E-state index >= 15 is 0 Å². The lowest BCUT2D eigenvalue weighted by Gasteiger charge is -2.51. The van der Waals surface area contributed by atoms with Gasteiger partial charge in [0.15, 0.2) is 0 Å². The minimum Gasteiger partial charge on any atom is -0.330 e. The second-order valence-corrected chi connectivity index (χ2v) is 9.45. The first-order chi connectivity index (χ1) is 12.7. The zero-order valence-corrected chi connectivity index (χ0v) is 16.7. The Morgan fingerprint density at radius 2 is 1.88 bits per heavy atom. The lowest BCUT2D eigenvalue weighted by atomic mass is 9.55. The molecule has 1 aromatic rings. The summed E-state index contributed by atoms with van der Waals surface area (Å²) in [6.07, 6.45) is 13.5. The van der Waals surface area contributed by atoms with Crippen LogP contribution in [0.25, 0.3) is 0 Å². The van der Waals surface area contributed by atoms with Gasteiger partial charge in [-0.3, -0.25) is 0 Å². The molecule has 2 fully saturated rings. The van der Waals surface area contributed by atoms with E-state index in [1.165, 1.54) is 70.8 Å². The maximum absolute atomic E-state index is 5.60. The standard InChI is InChI=1S/C24H38N2/c1-24-15-14-20-19-9-5-4-8-18(19)10-11-21(20)22(24)12-13-23(24)26-17-7-3-2-6-16-25/h4-5,8-9,20-23,26H,2-3,6-7,10-17,25H2,1H3/t20-,21-,22+,23?,24+/m1/s1. The van der Waals surface area contributed by atoms with Gasteiger partial charge < -0.3 is 11.1 Å². The van der Waals surface area contributed by atoms with E-state index in [2.05, 4.69) is 36.5 Å². The Morgan fingerprint density at radius 1 is 1.04 bits per heavy atom. The van der Waals surface area contributed by atoms with Gasteiger partial charge in [-0.1, -0.05) is 44.0 Å². The highest BCUT2D eigenvalue weighted by atomic mass is 14.9. The molecule has 3 aliphatic carbocycles. The van der Waals surface area contributed by atoms with Gasteiger partial charge in [-0.25, -0.2) is 0 Å². The summed E-state index contributed by atoms with van der Waals surface area (Å²) in [7, 11) is 0. The van der Waals surface area contributed by atoms with E-state index in [4.69, 9.17) is 5.73 Å². The van der Waals surface area contributed by atoms with Gasteiger partial charge in [0, 0.05) is 6.04 Å². The number of hydrogen-bond acceptors (Lipinski definition) is 2. The van der Waals surface area contributed by atoms with Crippen molar-refractivity contribution < 1.29 is 0 Å². The number of rotatable bonds is 7. The monoisotopic (exact) mass is 354 g/mol. The van der Waals surface area contributed by atoms with Gasteiger partial charge >= 0.3 is 0 Å². The summed E-state index contributed by atoms with van der Waals surface area (Å²) in [5.41, 5.74) is 9.47. The molecule has 0 radical (unpaired) electrons. The van der Waals surface area contributed by atoms with Crippen molar-refractivity contribution in [1.82, 2.24) is 5.32 Å². The van der Waals surface area contributed by atoms with Crippen molar-refractivity contribution in [2.24, 2.45) is 23.0 Å². The fraction of sp³-hybridized carbons (Fsp3) is 0.750. The largest absolute Gasteiger partial charge is 0.330 e. The predicted molar refractivity (Wildman–Crippen MR) is 110 cm³/mol. The Labute approximate surface area is 160 Å². The first kappa shape index (κ1) is 18.5. The molecule has 0 amide bonds. The molecule has 0 heterocycles. The van der Waals surface area contributed by atoms with Crippen molar-refractivity contribution in [3.8, 4) is 0 Å². The molecule has 1 aromatic carbocycles. The van der Waals surface area contributed by atoms with Crippen molar-refractivity contribution in [3.05, 3.63) is 35.4 Å². The number of fused-ring (bicyclic) bond motifs is 5. The van der Waals surface area contributed by atoms with Crippen LogP contribution in [-0.4, -0.2) is 19.1 Å². The van der Waals surface area contributed by atoms with Crippen molar-refractivity contribution in [1.29, 1.82) is 0 Å². The third-order valence-corrected chi connectivity index (χ3v) is 8.16. The number of hydrogen-bond donors (Lipinski definition) is 2. The van der Waals surface area contributed by atoms with Crippen molar-refractivity contribution >= 4 is 0 Å². The molecular formula is C24H38N2. The third kappa shape index (κ3) is 3.36. The summed E-state index contributed by atoms with van der Waals surface area (Å²) in [6.45, 7) is 4.67. The molecule has 0 bridgehead atoms. The van der Waals surface area contributed by atoms with Gasteiger partial charge in [0.2, 0.25) is 0 Å². The molecular weight excluding hydrogens is 316 g/mol. The molecule has 144 valence electrons. The molecule has 26 heavy (non-hydrogen) atoms. The quantitative estimate of drug-likeness (QED) is 0.675. The lowest BCUT2D eigenvalue weighted by molar-refractivity contribution is 0.0412. The minimum absolute atomic E-state index is 0.532. The van der Waals surface area contributed by atoms with Crippen LogP contribution in [0.1, 0.15) is 81.8 Å². The Bertz CT molecular complexity index is 598. The Hall–Kier alpha value is -0.860. The Balaban J connectivity index is 1.38. The Kier molecular flexibility index (Phi) is 5.71. The Morgan fingerprint density at radius 3 is 2.77 bits per heavy atom. The topological polar surface area (TPSA) is 38.0 Å². The molecule has 0 aliphatic heterocycles. The van der Waals surface area contributed by atoms with E-state index in [0.717, 1.165) is 30.3 Å². The van der Waals surface area contributed by atoms with Crippen LogP contribution in [0, 0.1) is 17.3 Å². The second-order valence-electron chi connectivity index (χ2n) is 9.45. The molecule has 2 nitrogen and oxygen atoms in total. The van der Waals surface area contributed by atoms with Gasteiger partial charge in [-0.15, -0.1) is 0 Å². The minimum atomic E-state index is 0.532. The number of nitrogens with one attached hydrogen (secondary N) is 1. The summed E-state index contributed by atoms with van der Waals surface area (Å²) in [5.74, 6) is 2.71. The second kappa shape index (κ2) is 8.02. The van der Waals surface area contributed by atoms with Gasteiger partial charge in [0.1, 0.15) is 0 Å². The average molecular weight is 355 g/mol. The summed E-state index contributed by atoms with van der Waals surface area (Å²) >= 11 is 0. The molecule has 2 heteroatoms. The summed E-state index contributed by atoms with van der Waals surface area (Å²) in [4.78, 5) is 0. The molecule has 3 N–H and O–H groups in total. The molecule has 4 rings (SSSR count).